The van der Waals surface area contributed by atoms with Crippen molar-refractivity contribution in [2.24, 2.45) is 0 Å². The Hall–Kier alpha value is -3.12. The quantitative estimate of drug-likeness (QED) is 0.407. The minimum atomic E-state index is -0.190. The van der Waals surface area contributed by atoms with Crippen molar-refractivity contribution in [2.45, 2.75) is 58.2 Å². The van der Waals surface area contributed by atoms with E-state index in [1.807, 2.05) is 77.9 Å². The van der Waals surface area contributed by atoms with E-state index in [-0.39, 0.29) is 24.5 Å². The van der Waals surface area contributed by atoms with Gasteiger partial charge in [-0.05, 0) is 48.4 Å². The zero-order valence-corrected chi connectivity index (χ0v) is 20.6. The van der Waals surface area contributed by atoms with Gasteiger partial charge in [0.2, 0.25) is 5.91 Å². The molecule has 0 radical (unpaired) electrons. The maximum Gasteiger partial charge on any atom is 0.322 e. The smallest absolute Gasteiger partial charge is 0.322 e. The summed E-state index contributed by atoms with van der Waals surface area (Å²) in [5, 5.41) is 5.10. The average molecular weight is 476 g/mol. The number of rotatable bonds is 8. The van der Waals surface area contributed by atoms with E-state index < -0.39 is 0 Å². The Labute approximate surface area is 206 Å². The summed E-state index contributed by atoms with van der Waals surface area (Å²) in [5.74, 6) is -0.0252. The Morgan fingerprint density at radius 3 is 2.35 bits per heavy atom. The highest BCUT2D eigenvalue weighted by atomic mass is 32.1. The molecule has 2 aromatic carbocycles. The molecule has 6 heteroatoms. The molecule has 0 spiro atoms. The summed E-state index contributed by atoms with van der Waals surface area (Å²) in [7, 11) is 0. The number of amides is 3. The number of para-hydroxylation sites is 1. The normalized spacial score (nSPS) is 13.9. The van der Waals surface area contributed by atoms with E-state index in [4.69, 9.17) is 0 Å². The maximum atomic E-state index is 13.7. The van der Waals surface area contributed by atoms with Crippen molar-refractivity contribution in [1.29, 1.82) is 0 Å². The van der Waals surface area contributed by atoms with Crippen molar-refractivity contribution in [3.05, 3.63) is 88.1 Å². The summed E-state index contributed by atoms with van der Waals surface area (Å²) in [6, 6.07) is 21.8. The van der Waals surface area contributed by atoms with Crippen LogP contribution in [0.15, 0.2) is 72.1 Å². The van der Waals surface area contributed by atoms with Gasteiger partial charge in [0.05, 0.1) is 6.54 Å². The van der Waals surface area contributed by atoms with Gasteiger partial charge in [-0.25, -0.2) is 4.79 Å². The van der Waals surface area contributed by atoms with E-state index in [1.54, 1.807) is 16.2 Å². The van der Waals surface area contributed by atoms with Gasteiger partial charge in [0.15, 0.2) is 0 Å². The van der Waals surface area contributed by atoms with Gasteiger partial charge in [-0.2, -0.15) is 0 Å². The summed E-state index contributed by atoms with van der Waals surface area (Å²) in [6.45, 7) is 3.13. The monoisotopic (exact) mass is 475 g/mol. The fourth-order valence-electron chi connectivity index (χ4n) is 4.53. The van der Waals surface area contributed by atoms with Crippen molar-refractivity contribution in [3.8, 4) is 0 Å². The number of nitrogens with zero attached hydrogens (tertiary/aromatic N) is 2. The summed E-state index contributed by atoms with van der Waals surface area (Å²) < 4.78 is 0. The molecule has 3 aromatic rings. The van der Waals surface area contributed by atoms with Crippen LogP contribution in [-0.4, -0.2) is 34.3 Å². The van der Waals surface area contributed by atoms with Crippen LogP contribution >= 0.6 is 11.3 Å². The predicted molar refractivity (Wildman–Crippen MR) is 139 cm³/mol. The third-order valence-corrected chi connectivity index (χ3v) is 7.33. The Balaban J connectivity index is 1.53. The molecule has 0 saturated heterocycles. The van der Waals surface area contributed by atoms with Crippen molar-refractivity contribution >= 4 is 29.0 Å². The third kappa shape index (κ3) is 6.48. The van der Waals surface area contributed by atoms with E-state index in [2.05, 4.69) is 11.4 Å². The van der Waals surface area contributed by atoms with Crippen molar-refractivity contribution in [3.63, 3.8) is 0 Å². The lowest BCUT2D eigenvalue weighted by Gasteiger charge is -2.35. The molecule has 1 heterocycles. The summed E-state index contributed by atoms with van der Waals surface area (Å²) in [4.78, 5) is 31.9. The molecule has 1 fully saturated rings. The van der Waals surface area contributed by atoms with Crippen molar-refractivity contribution < 1.29 is 9.59 Å². The van der Waals surface area contributed by atoms with E-state index in [0.29, 0.717) is 13.1 Å². The maximum absolute atomic E-state index is 13.7. The second-order valence-corrected chi connectivity index (χ2v) is 10.0. The molecule has 1 saturated carbocycles. The van der Waals surface area contributed by atoms with Gasteiger partial charge in [-0.3, -0.25) is 4.79 Å². The largest absolute Gasteiger partial charge is 0.332 e. The lowest BCUT2D eigenvalue weighted by molar-refractivity contribution is -0.133. The van der Waals surface area contributed by atoms with Crippen LogP contribution in [0.4, 0.5) is 10.5 Å². The molecular weight excluding hydrogens is 442 g/mol. The van der Waals surface area contributed by atoms with Crippen molar-refractivity contribution in [1.82, 2.24) is 9.80 Å². The number of aryl methyl sites for hydroxylation is 1. The van der Waals surface area contributed by atoms with Crippen LogP contribution in [0.1, 0.15) is 48.1 Å². The molecule has 1 aliphatic rings. The Kier molecular flexibility index (Phi) is 8.36. The van der Waals surface area contributed by atoms with Crippen LogP contribution in [0.5, 0.6) is 0 Å². The number of carbonyl (C=O) groups is 2. The second kappa shape index (κ2) is 11.8. The molecule has 1 aliphatic carbocycles. The molecule has 0 unspecified atom stereocenters. The molecule has 4 rings (SSSR count). The minimum absolute atomic E-state index is 0.0252. The van der Waals surface area contributed by atoms with Gasteiger partial charge in [-0.1, -0.05) is 73.9 Å². The summed E-state index contributed by atoms with van der Waals surface area (Å²) in [6.07, 6.45) is 5.26. The predicted octanol–water partition coefficient (Wildman–Crippen LogP) is 6.45. The first-order chi connectivity index (χ1) is 16.6. The third-order valence-electron chi connectivity index (χ3n) is 6.46. The first-order valence-corrected chi connectivity index (χ1v) is 13.0. The molecule has 1 N–H and O–H groups in total. The molecule has 0 aliphatic heterocycles. The van der Waals surface area contributed by atoms with E-state index in [1.165, 1.54) is 6.42 Å². The van der Waals surface area contributed by atoms with Crippen LogP contribution < -0.4 is 5.32 Å². The fourth-order valence-corrected chi connectivity index (χ4v) is 5.25. The number of benzene rings is 2. The Bertz CT molecular complexity index is 1060. The number of urea groups is 1. The lowest BCUT2D eigenvalue weighted by atomic mass is 9.94. The van der Waals surface area contributed by atoms with E-state index in [0.717, 1.165) is 47.4 Å². The highest BCUT2D eigenvalue weighted by molar-refractivity contribution is 7.09. The molecule has 0 atom stereocenters. The Morgan fingerprint density at radius 1 is 0.912 bits per heavy atom. The van der Waals surface area contributed by atoms with Crippen LogP contribution in [0.25, 0.3) is 0 Å². The molecule has 34 heavy (non-hydrogen) atoms. The number of nitrogens with one attached hydrogen (secondary N) is 1. The van der Waals surface area contributed by atoms with Crippen LogP contribution in [0.2, 0.25) is 0 Å². The first-order valence-electron chi connectivity index (χ1n) is 12.1. The van der Waals surface area contributed by atoms with Crippen LogP contribution in [0.3, 0.4) is 0 Å². The second-order valence-electron chi connectivity index (χ2n) is 8.98. The Morgan fingerprint density at radius 2 is 1.65 bits per heavy atom. The highest BCUT2D eigenvalue weighted by Crippen LogP contribution is 2.25. The molecule has 1 aromatic heterocycles. The van der Waals surface area contributed by atoms with E-state index >= 15 is 0 Å². The number of carbonyl (C=O) groups excluding carboxylic acids is 2. The molecule has 3 amide bonds. The number of thiophene rings is 1. The highest BCUT2D eigenvalue weighted by Gasteiger charge is 2.29. The van der Waals surface area contributed by atoms with Gasteiger partial charge in [0.25, 0.3) is 0 Å². The zero-order valence-electron chi connectivity index (χ0n) is 19.8. The van der Waals surface area contributed by atoms with E-state index in [9.17, 15) is 9.59 Å². The number of anilines is 1. The first kappa shape index (κ1) is 24.0. The number of hydrogen-bond acceptors (Lipinski definition) is 3. The van der Waals surface area contributed by atoms with Crippen LogP contribution in [0, 0.1) is 6.92 Å². The number of hydrogen-bond donors (Lipinski definition) is 1. The molecule has 178 valence electrons. The van der Waals surface area contributed by atoms with Gasteiger partial charge in [-0.15, -0.1) is 11.3 Å². The molecule has 5 nitrogen and oxygen atoms in total. The van der Waals surface area contributed by atoms with Gasteiger partial charge in [0, 0.05) is 23.2 Å². The molecular formula is C28H33N3O2S. The van der Waals surface area contributed by atoms with Gasteiger partial charge >= 0.3 is 6.03 Å². The fraction of sp³-hybridized carbons (Fsp3) is 0.357. The summed E-state index contributed by atoms with van der Waals surface area (Å²) >= 11 is 1.65. The van der Waals surface area contributed by atoms with Crippen molar-refractivity contribution in [2.75, 3.05) is 11.9 Å². The lowest BCUT2D eigenvalue weighted by Crippen LogP contribution is -2.49. The zero-order chi connectivity index (χ0) is 23.8. The topological polar surface area (TPSA) is 52.7 Å². The standard InChI is InChI=1S/C28H33N3O2S/c1-22-11-8-9-17-26(22)29-28(33)31(24-14-6-3-7-15-24)21-27(32)30(20-25-16-10-18-34-25)19-23-12-4-2-5-13-23/h2,4-5,8-13,16-18,24H,3,6-7,14-15,19-21H2,1H3,(H,29,33). The van der Waals surface area contributed by atoms with Crippen LogP contribution in [-0.2, 0) is 17.9 Å². The summed E-state index contributed by atoms with van der Waals surface area (Å²) in [5.41, 5.74) is 2.88. The van der Waals surface area contributed by atoms with Gasteiger partial charge in [0.1, 0.15) is 6.54 Å². The van der Waals surface area contributed by atoms with Gasteiger partial charge < -0.3 is 15.1 Å². The average Bonchev–Trinajstić information content (AvgIpc) is 3.38. The minimum Gasteiger partial charge on any atom is -0.332 e. The molecule has 0 bridgehead atoms. The SMILES string of the molecule is Cc1ccccc1NC(=O)N(CC(=O)N(Cc1ccccc1)Cc1cccs1)C1CCCCC1.